The highest BCUT2D eigenvalue weighted by Crippen LogP contribution is 2.31. The van der Waals surface area contributed by atoms with Crippen molar-refractivity contribution in [2.45, 2.75) is 19.9 Å². The van der Waals surface area contributed by atoms with Gasteiger partial charge in [-0.2, -0.15) is 0 Å². The van der Waals surface area contributed by atoms with Crippen LogP contribution in [0.3, 0.4) is 0 Å². The summed E-state index contributed by atoms with van der Waals surface area (Å²) in [6.45, 7) is 3.64. The van der Waals surface area contributed by atoms with E-state index in [4.69, 9.17) is 4.74 Å². The molecule has 0 spiro atoms. The van der Waals surface area contributed by atoms with Crippen molar-refractivity contribution in [2.75, 3.05) is 7.11 Å². The minimum Gasteiger partial charge on any atom is -0.467 e. The Morgan fingerprint density at radius 1 is 1.30 bits per heavy atom. The largest absolute Gasteiger partial charge is 0.467 e. The number of thiophene rings is 1. The lowest BCUT2D eigenvalue weighted by atomic mass is 10.1. The van der Waals surface area contributed by atoms with Gasteiger partial charge in [0.2, 0.25) is 0 Å². The monoisotopic (exact) mass is 328 g/mol. The zero-order chi connectivity index (χ0) is 16.6. The maximum atomic E-state index is 12.8. The van der Waals surface area contributed by atoms with Crippen molar-refractivity contribution in [3.8, 4) is 11.1 Å². The third-order valence-electron chi connectivity index (χ3n) is 3.84. The zero-order valence-electron chi connectivity index (χ0n) is 13.1. The van der Waals surface area contributed by atoms with Crippen LogP contribution in [0.15, 0.2) is 40.8 Å². The average molecular weight is 328 g/mol. The summed E-state index contributed by atoms with van der Waals surface area (Å²) < 4.78 is 6.04. The lowest BCUT2D eigenvalue weighted by Crippen LogP contribution is -2.29. The summed E-state index contributed by atoms with van der Waals surface area (Å²) >= 11 is 1.42. The molecule has 6 heteroatoms. The van der Waals surface area contributed by atoms with Gasteiger partial charge in [0, 0.05) is 10.9 Å². The van der Waals surface area contributed by atoms with Crippen molar-refractivity contribution in [3.05, 3.63) is 51.9 Å². The summed E-state index contributed by atoms with van der Waals surface area (Å²) in [6, 6.07) is 7.26. The Labute approximate surface area is 137 Å². The van der Waals surface area contributed by atoms with Gasteiger partial charge in [-0.15, -0.1) is 11.3 Å². The molecular formula is C17H16N2O3S. The Kier molecular flexibility index (Phi) is 4.00. The van der Waals surface area contributed by atoms with Crippen molar-refractivity contribution in [1.29, 1.82) is 0 Å². The van der Waals surface area contributed by atoms with E-state index in [1.807, 2.05) is 36.6 Å². The predicted molar refractivity (Wildman–Crippen MR) is 90.8 cm³/mol. The van der Waals surface area contributed by atoms with Crippen LogP contribution < -0.4 is 5.56 Å². The van der Waals surface area contributed by atoms with Gasteiger partial charge in [0.05, 0.1) is 18.8 Å². The molecule has 0 N–H and O–H groups in total. The molecule has 0 unspecified atom stereocenters. The second kappa shape index (κ2) is 5.96. The highest BCUT2D eigenvalue weighted by atomic mass is 32.1. The van der Waals surface area contributed by atoms with Gasteiger partial charge >= 0.3 is 5.97 Å². The Morgan fingerprint density at radius 2 is 2.00 bits per heavy atom. The predicted octanol–water partition coefficient (Wildman–Crippen LogP) is 3.17. The van der Waals surface area contributed by atoms with E-state index in [0.29, 0.717) is 10.2 Å². The van der Waals surface area contributed by atoms with Crippen LogP contribution in [0.25, 0.3) is 21.3 Å². The van der Waals surface area contributed by atoms with Crippen LogP contribution in [0.5, 0.6) is 0 Å². The Morgan fingerprint density at radius 3 is 2.65 bits per heavy atom. The fraction of sp³-hybridized carbons (Fsp3) is 0.235. The third kappa shape index (κ3) is 2.66. The quantitative estimate of drug-likeness (QED) is 0.693. The molecule has 1 aromatic carbocycles. The number of benzene rings is 1. The molecule has 0 saturated heterocycles. The molecule has 3 rings (SSSR count). The summed E-state index contributed by atoms with van der Waals surface area (Å²) in [4.78, 5) is 29.5. The summed E-state index contributed by atoms with van der Waals surface area (Å²) in [5.74, 6) is -0.472. The van der Waals surface area contributed by atoms with Crippen molar-refractivity contribution < 1.29 is 9.53 Å². The number of hydrogen-bond acceptors (Lipinski definition) is 5. The molecule has 2 heterocycles. The van der Waals surface area contributed by atoms with Crippen LogP contribution in [-0.2, 0) is 9.53 Å². The molecule has 0 fully saturated rings. The first-order valence-electron chi connectivity index (χ1n) is 7.16. The lowest BCUT2D eigenvalue weighted by molar-refractivity contribution is -0.144. The van der Waals surface area contributed by atoms with Crippen molar-refractivity contribution in [2.24, 2.45) is 0 Å². The maximum absolute atomic E-state index is 12.8. The first kappa shape index (κ1) is 15.4. The molecule has 0 aliphatic carbocycles. The summed E-state index contributed by atoms with van der Waals surface area (Å²) in [5.41, 5.74) is 2.73. The number of ether oxygens (including phenoxy) is 1. The number of methoxy groups -OCH3 is 1. The van der Waals surface area contributed by atoms with Crippen LogP contribution in [0.2, 0.25) is 0 Å². The van der Waals surface area contributed by atoms with Crippen LogP contribution in [0.4, 0.5) is 0 Å². The lowest BCUT2D eigenvalue weighted by Gasteiger charge is -2.12. The molecule has 2 aromatic heterocycles. The number of hydrogen-bond donors (Lipinski definition) is 0. The number of fused-ring (bicyclic) bond motifs is 1. The van der Waals surface area contributed by atoms with Crippen molar-refractivity contribution in [3.63, 3.8) is 0 Å². The van der Waals surface area contributed by atoms with Crippen LogP contribution >= 0.6 is 11.3 Å². The second-order valence-electron chi connectivity index (χ2n) is 5.35. The number of esters is 1. The van der Waals surface area contributed by atoms with Gasteiger partial charge in [-0.05, 0) is 19.4 Å². The van der Waals surface area contributed by atoms with E-state index in [1.165, 1.54) is 29.3 Å². The first-order chi connectivity index (χ1) is 11.0. The normalized spacial score (nSPS) is 12.3. The number of carbonyl (C=O) groups excluding carboxylic acids is 1. The van der Waals surface area contributed by atoms with Crippen LogP contribution in [-0.4, -0.2) is 22.6 Å². The SMILES string of the molecule is COC(=O)[C@@H](C)n1cnc2scc(-c3ccc(C)cc3)c2c1=O. The van der Waals surface area contributed by atoms with Crippen molar-refractivity contribution >= 4 is 27.5 Å². The van der Waals surface area contributed by atoms with Gasteiger partial charge in [-0.1, -0.05) is 29.8 Å². The Hall–Kier alpha value is -2.47. The maximum Gasteiger partial charge on any atom is 0.328 e. The van der Waals surface area contributed by atoms with Crippen molar-refractivity contribution in [1.82, 2.24) is 9.55 Å². The molecule has 23 heavy (non-hydrogen) atoms. The topological polar surface area (TPSA) is 61.2 Å². The van der Waals surface area contributed by atoms with E-state index in [1.54, 1.807) is 6.92 Å². The molecule has 5 nitrogen and oxygen atoms in total. The Balaban J connectivity index is 2.20. The van der Waals surface area contributed by atoms with Gasteiger partial charge in [-0.3, -0.25) is 9.36 Å². The molecule has 0 saturated carbocycles. The molecule has 0 amide bonds. The van der Waals surface area contributed by atoms with E-state index in [9.17, 15) is 9.59 Å². The van der Waals surface area contributed by atoms with Gasteiger partial charge < -0.3 is 4.74 Å². The summed E-state index contributed by atoms with van der Waals surface area (Å²) in [6.07, 6.45) is 1.40. The van der Waals surface area contributed by atoms with E-state index >= 15 is 0 Å². The molecular weight excluding hydrogens is 312 g/mol. The highest BCUT2D eigenvalue weighted by Gasteiger charge is 2.20. The van der Waals surface area contributed by atoms with E-state index in [-0.39, 0.29) is 5.56 Å². The summed E-state index contributed by atoms with van der Waals surface area (Å²) in [5, 5.41) is 2.47. The second-order valence-corrected chi connectivity index (χ2v) is 6.21. The van der Waals surface area contributed by atoms with Crippen LogP contribution in [0.1, 0.15) is 18.5 Å². The van der Waals surface area contributed by atoms with Gasteiger partial charge in [0.25, 0.3) is 5.56 Å². The number of aryl methyl sites for hydroxylation is 1. The highest BCUT2D eigenvalue weighted by molar-refractivity contribution is 7.17. The third-order valence-corrected chi connectivity index (χ3v) is 4.73. The van der Waals surface area contributed by atoms with Crippen LogP contribution in [0, 0.1) is 6.92 Å². The molecule has 3 aromatic rings. The number of nitrogens with zero attached hydrogens (tertiary/aromatic N) is 2. The molecule has 0 bridgehead atoms. The van der Waals surface area contributed by atoms with E-state index < -0.39 is 12.0 Å². The number of carbonyl (C=O) groups is 1. The standard InChI is InChI=1S/C17H16N2O3S/c1-10-4-6-12(7-5-10)13-8-23-15-14(13)16(20)19(9-18-15)11(2)17(21)22-3/h4-9,11H,1-3H3/t11-/m1/s1. The Bertz CT molecular complexity index is 925. The minimum atomic E-state index is -0.713. The molecule has 0 radical (unpaired) electrons. The molecule has 0 aliphatic rings. The van der Waals surface area contributed by atoms with Gasteiger partial charge in [0.1, 0.15) is 10.9 Å². The molecule has 1 atom stereocenters. The fourth-order valence-electron chi connectivity index (χ4n) is 2.45. The molecule has 0 aliphatic heterocycles. The summed E-state index contributed by atoms with van der Waals surface area (Å²) in [7, 11) is 1.30. The first-order valence-corrected chi connectivity index (χ1v) is 8.04. The minimum absolute atomic E-state index is 0.232. The fourth-order valence-corrected chi connectivity index (χ4v) is 3.36. The average Bonchev–Trinajstić information content (AvgIpc) is 2.99. The van der Waals surface area contributed by atoms with E-state index in [0.717, 1.165) is 16.7 Å². The molecule has 118 valence electrons. The van der Waals surface area contributed by atoms with Gasteiger partial charge in [0.15, 0.2) is 0 Å². The van der Waals surface area contributed by atoms with E-state index in [2.05, 4.69) is 4.98 Å². The number of aromatic nitrogens is 2. The van der Waals surface area contributed by atoms with Gasteiger partial charge in [-0.25, -0.2) is 9.78 Å². The number of rotatable bonds is 3. The zero-order valence-corrected chi connectivity index (χ0v) is 13.9. The smallest absolute Gasteiger partial charge is 0.328 e.